The van der Waals surface area contributed by atoms with Crippen molar-refractivity contribution in [2.45, 2.75) is 26.3 Å². The number of methoxy groups -OCH3 is 1. The van der Waals surface area contributed by atoms with E-state index in [1.165, 1.54) is 31.4 Å². The molecule has 0 aliphatic rings. The molecule has 3 aromatic carbocycles. The van der Waals surface area contributed by atoms with Gasteiger partial charge in [-0.1, -0.05) is 35.9 Å². The Labute approximate surface area is 215 Å². The van der Waals surface area contributed by atoms with Crippen LogP contribution in [0.25, 0.3) is 11.0 Å². The number of nitrogens with one attached hydrogen (secondary N) is 3. The van der Waals surface area contributed by atoms with Crippen molar-refractivity contribution in [3.8, 4) is 0 Å². The van der Waals surface area contributed by atoms with Gasteiger partial charge in [-0.05, 0) is 48.4 Å². The highest BCUT2D eigenvalue weighted by molar-refractivity contribution is 6.31. The molecule has 0 saturated heterocycles. The zero-order valence-electron chi connectivity index (χ0n) is 19.8. The predicted octanol–water partition coefficient (Wildman–Crippen LogP) is 5.87. The van der Waals surface area contributed by atoms with Crippen molar-refractivity contribution in [2.24, 2.45) is 0 Å². The summed E-state index contributed by atoms with van der Waals surface area (Å²) in [6, 6.07) is 12.7. The van der Waals surface area contributed by atoms with Crippen LogP contribution in [0.4, 0.5) is 18.9 Å². The lowest BCUT2D eigenvalue weighted by molar-refractivity contribution is -0.137. The Morgan fingerprint density at radius 3 is 2.54 bits per heavy atom. The zero-order chi connectivity index (χ0) is 26.7. The Balaban J connectivity index is 1.68. The third kappa shape index (κ3) is 5.76. The number of halogens is 4. The van der Waals surface area contributed by atoms with Gasteiger partial charge in [-0.25, -0.2) is 4.98 Å². The topological polar surface area (TPSA) is 96.1 Å². The Bertz CT molecular complexity index is 1480. The van der Waals surface area contributed by atoms with E-state index in [-0.39, 0.29) is 24.4 Å². The van der Waals surface area contributed by atoms with Gasteiger partial charge in [-0.2, -0.15) is 13.2 Å². The summed E-state index contributed by atoms with van der Waals surface area (Å²) in [4.78, 5) is 33.4. The monoisotopic (exact) mass is 530 g/mol. The van der Waals surface area contributed by atoms with Crippen molar-refractivity contribution in [3.05, 3.63) is 93.3 Å². The number of carbonyl (C=O) groups excluding carboxylic acids is 2. The number of alkyl halides is 3. The van der Waals surface area contributed by atoms with Crippen molar-refractivity contribution < 1.29 is 27.5 Å². The van der Waals surface area contributed by atoms with Crippen LogP contribution in [0.3, 0.4) is 0 Å². The first-order valence-corrected chi connectivity index (χ1v) is 11.5. The Morgan fingerprint density at radius 1 is 1.05 bits per heavy atom. The fourth-order valence-electron chi connectivity index (χ4n) is 3.86. The van der Waals surface area contributed by atoms with Crippen molar-refractivity contribution in [1.82, 2.24) is 15.3 Å². The van der Waals surface area contributed by atoms with Gasteiger partial charge in [0.1, 0.15) is 17.9 Å². The number of hydrogen-bond donors (Lipinski definition) is 3. The van der Waals surface area contributed by atoms with Crippen LogP contribution >= 0.6 is 11.6 Å². The summed E-state index contributed by atoms with van der Waals surface area (Å²) >= 11 is 6.17. The number of carbonyl (C=O) groups is 2. The van der Waals surface area contributed by atoms with E-state index >= 15 is 0 Å². The third-order valence-electron chi connectivity index (χ3n) is 5.72. The van der Waals surface area contributed by atoms with Gasteiger partial charge in [-0.3, -0.25) is 9.59 Å². The lowest BCUT2D eigenvalue weighted by atomic mass is 10.1. The third-order valence-corrected chi connectivity index (χ3v) is 6.13. The second kappa shape index (κ2) is 10.6. The largest absolute Gasteiger partial charge is 0.417 e. The van der Waals surface area contributed by atoms with Crippen molar-refractivity contribution in [3.63, 3.8) is 0 Å². The molecule has 4 aromatic rings. The minimum Gasteiger partial charge on any atom is -0.377 e. The SMILES string of the molecule is COCc1nc2c(C(=O)NCc3cccc(Cl)c3C)cc(NC(=O)c3ccccc3C(F)(F)F)cc2[nH]1. The van der Waals surface area contributed by atoms with Crippen molar-refractivity contribution >= 4 is 40.1 Å². The average molecular weight is 531 g/mol. The molecule has 37 heavy (non-hydrogen) atoms. The molecule has 0 unspecified atom stereocenters. The van der Waals surface area contributed by atoms with Crippen LogP contribution in [0.2, 0.25) is 5.02 Å². The van der Waals surface area contributed by atoms with E-state index in [1.807, 2.05) is 13.0 Å². The van der Waals surface area contributed by atoms with E-state index < -0.39 is 29.1 Å². The Hall–Kier alpha value is -3.89. The van der Waals surface area contributed by atoms with Crippen LogP contribution in [0.5, 0.6) is 0 Å². The molecule has 1 heterocycles. The number of aromatic nitrogens is 2. The predicted molar refractivity (Wildman–Crippen MR) is 134 cm³/mol. The molecule has 0 spiro atoms. The van der Waals surface area contributed by atoms with E-state index in [0.29, 0.717) is 21.9 Å². The molecule has 192 valence electrons. The standard InChI is InChI=1S/C26H22ClF3N4O3/c1-14-15(6-5-9-20(14)27)12-31-24(35)18-10-16(11-21-23(18)34-22(33-21)13-37-2)32-25(36)17-7-3-4-8-19(17)26(28,29)30/h3-11H,12-13H2,1-2H3,(H,31,35)(H,32,36)(H,33,34). The number of nitrogens with zero attached hydrogens (tertiary/aromatic N) is 1. The maximum atomic E-state index is 13.4. The second-order valence-corrected chi connectivity index (χ2v) is 8.65. The summed E-state index contributed by atoms with van der Waals surface area (Å²) in [5, 5.41) is 5.85. The van der Waals surface area contributed by atoms with Gasteiger partial charge in [0.2, 0.25) is 0 Å². The van der Waals surface area contributed by atoms with E-state index in [4.69, 9.17) is 16.3 Å². The summed E-state index contributed by atoms with van der Waals surface area (Å²) in [6.45, 7) is 2.15. The number of amides is 2. The van der Waals surface area contributed by atoms with Gasteiger partial charge >= 0.3 is 6.18 Å². The minimum atomic E-state index is -4.71. The van der Waals surface area contributed by atoms with E-state index in [2.05, 4.69) is 20.6 Å². The number of hydrogen-bond acceptors (Lipinski definition) is 4. The highest BCUT2D eigenvalue weighted by Gasteiger charge is 2.35. The first-order valence-electron chi connectivity index (χ1n) is 11.1. The number of benzene rings is 3. The number of H-pyrrole nitrogens is 1. The first kappa shape index (κ1) is 26.2. The molecule has 0 radical (unpaired) electrons. The highest BCUT2D eigenvalue weighted by atomic mass is 35.5. The second-order valence-electron chi connectivity index (χ2n) is 8.24. The molecule has 0 bridgehead atoms. The van der Waals surface area contributed by atoms with Crippen LogP contribution in [-0.4, -0.2) is 28.9 Å². The van der Waals surface area contributed by atoms with E-state index in [9.17, 15) is 22.8 Å². The van der Waals surface area contributed by atoms with Crippen LogP contribution < -0.4 is 10.6 Å². The van der Waals surface area contributed by atoms with E-state index in [1.54, 1.807) is 12.1 Å². The Morgan fingerprint density at radius 2 is 1.81 bits per heavy atom. The van der Waals surface area contributed by atoms with Gasteiger partial charge in [0.25, 0.3) is 11.8 Å². The maximum Gasteiger partial charge on any atom is 0.417 e. The van der Waals surface area contributed by atoms with Gasteiger partial charge in [0.05, 0.1) is 22.2 Å². The molecule has 0 aliphatic heterocycles. The number of ether oxygens (including phenoxy) is 1. The maximum absolute atomic E-state index is 13.4. The number of anilines is 1. The average Bonchev–Trinajstić information content (AvgIpc) is 3.26. The number of fused-ring (bicyclic) bond motifs is 1. The minimum absolute atomic E-state index is 0.117. The smallest absolute Gasteiger partial charge is 0.377 e. The molecule has 4 rings (SSSR count). The van der Waals surface area contributed by atoms with Crippen molar-refractivity contribution in [1.29, 1.82) is 0 Å². The number of imidazole rings is 1. The molecule has 0 fully saturated rings. The summed E-state index contributed by atoms with van der Waals surface area (Å²) in [5.74, 6) is -1.03. The fourth-order valence-corrected chi connectivity index (χ4v) is 4.05. The van der Waals surface area contributed by atoms with Crippen LogP contribution in [-0.2, 0) is 24.1 Å². The number of rotatable bonds is 7. The normalized spacial score (nSPS) is 11.5. The van der Waals surface area contributed by atoms with Gasteiger partial charge in [0, 0.05) is 24.4 Å². The summed E-state index contributed by atoms with van der Waals surface area (Å²) in [7, 11) is 1.48. The number of aromatic amines is 1. The molecule has 0 saturated carbocycles. The van der Waals surface area contributed by atoms with Crippen LogP contribution in [0.1, 0.15) is 43.2 Å². The molecule has 11 heteroatoms. The van der Waals surface area contributed by atoms with Gasteiger partial charge in [-0.15, -0.1) is 0 Å². The van der Waals surface area contributed by atoms with Gasteiger partial charge in [0.15, 0.2) is 0 Å². The quantitative estimate of drug-likeness (QED) is 0.278. The molecular formula is C26H22ClF3N4O3. The molecule has 3 N–H and O–H groups in total. The van der Waals surface area contributed by atoms with Crippen LogP contribution in [0, 0.1) is 6.92 Å². The molecule has 2 amide bonds. The van der Waals surface area contributed by atoms with Gasteiger partial charge < -0.3 is 20.4 Å². The lowest BCUT2D eigenvalue weighted by Crippen LogP contribution is -2.24. The molecule has 1 aromatic heterocycles. The zero-order valence-corrected chi connectivity index (χ0v) is 20.6. The van der Waals surface area contributed by atoms with Crippen molar-refractivity contribution in [2.75, 3.05) is 12.4 Å². The van der Waals surface area contributed by atoms with E-state index in [0.717, 1.165) is 23.3 Å². The fraction of sp³-hybridized carbons (Fsp3) is 0.192. The summed E-state index contributed by atoms with van der Waals surface area (Å²) in [5.41, 5.74) is 0.989. The molecule has 0 aliphatic carbocycles. The molecule has 0 atom stereocenters. The summed E-state index contributed by atoms with van der Waals surface area (Å²) < 4.78 is 45.3. The molecular weight excluding hydrogens is 509 g/mol. The lowest BCUT2D eigenvalue weighted by Gasteiger charge is -2.14. The first-order chi connectivity index (χ1) is 17.6. The highest BCUT2D eigenvalue weighted by Crippen LogP contribution is 2.32. The summed E-state index contributed by atoms with van der Waals surface area (Å²) in [6.07, 6.45) is -4.71. The molecule has 7 nitrogen and oxygen atoms in total. The van der Waals surface area contributed by atoms with Crippen LogP contribution in [0.15, 0.2) is 54.6 Å². The Kier molecular flexibility index (Phi) is 7.51.